The highest BCUT2D eigenvalue weighted by molar-refractivity contribution is 5.91. The molecule has 0 saturated heterocycles. The second-order valence-corrected chi connectivity index (χ2v) is 13.2. The molecule has 13 heteroatoms. The van der Waals surface area contributed by atoms with Gasteiger partial charge >= 0.3 is 12.4 Å². The number of hydrogen-bond donors (Lipinski definition) is 2. The molecular formula is C41H36F6N4O3. The van der Waals surface area contributed by atoms with Crippen molar-refractivity contribution in [2.45, 2.75) is 65.1 Å². The van der Waals surface area contributed by atoms with E-state index < -0.39 is 35.3 Å². The Morgan fingerprint density at radius 2 is 0.981 bits per heavy atom. The van der Waals surface area contributed by atoms with Crippen LogP contribution in [0.4, 0.5) is 26.3 Å². The van der Waals surface area contributed by atoms with Gasteiger partial charge in [0.15, 0.2) is 0 Å². The van der Waals surface area contributed by atoms with Gasteiger partial charge in [0.2, 0.25) is 0 Å². The zero-order chi connectivity index (χ0) is 38.8. The van der Waals surface area contributed by atoms with Crippen LogP contribution in [0.25, 0.3) is 22.5 Å². The largest absolute Gasteiger partial charge is 0.489 e. The monoisotopic (exact) mass is 746 g/mol. The number of aromatic nitrogens is 4. The molecule has 0 aliphatic carbocycles. The molecule has 4 aromatic carbocycles. The zero-order valence-electron chi connectivity index (χ0n) is 29.7. The van der Waals surface area contributed by atoms with Crippen LogP contribution in [0.2, 0.25) is 0 Å². The number of alkyl halides is 6. The van der Waals surface area contributed by atoms with Crippen LogP contribution in [0.5, 0.6) is 11.5 Å². The Hall–Kier alpha value is -5.85. The topological polar surface area (TPSA) is 92.9 Å². The van der Waals surface area contributed by atoms with Crippen LogP contribution in [0, 0.1) is 13.8 Å². The lowest BCUT2D eigenvalue weighted by molar-refractivity contribution is -0.138. The maximum absolute atomic E-state index is 13.8. The molecule has 54 heavy (non-hydrogen) atoms. The van der Waals surface area contributed by atoms with Gasteiger partial charge < -0.3 is 9.47 Å². The molecule has 7 nitrogen and oxygen atoms in total. The molecule has 2 N–H and O–H groups in total. The summed E-state index contributed by atoms with van der Waals surface area (Å²) in [5.41, 5.74) is 5.53. The molecule has 0 saturated carbocycles. The summed E-state index contributed by atoms with van der Waals surface area (Å²) in [6.45, 7) is 7.80. The Labute approximate surface area is 307 Å². The fraction of sp³-hybridized carbons (Fsp3) is 0.244. The van der Waals surface area contributed by atoms with E-state index in [1.165, 1.54) is 24.3 Å². The Morgan fingerprint density at radius 3 is 1.31 bits per heavy atom. The lowest BCUT2D eigenvalue weighted by atomic mass is 9.83. The Balaban J connectivity index is 1.06. The number of carbonyl (C=O) groups excluding carboxylic acids is 1. The van der Waals surface area contributed by atoms with E-state index in [1.54, 1.807) is 24.5 Å². The number of H-pyrrole nitrogens is 2. The number of carbonyl (C=O) groups is 1. The van der Waals surface area contributed by atoms with Crippen LogP contribution in [0.3, 0.4) is 0 Å². The van der Waals surface area contributed by atoms with Gasteiger partial charge in [0.25, 0.3) is 0 Å². The van der Waals surface area contributed by atoms with Gasteiger partial charge in [-0.15, -0.1) is 0 Å². The molecule has 0 aliphatic heterocycles. The average molecular weight is 747 g/mol. The van der Waals surface area contributed by atoms with Gasteiger partial charge in [0.05, 0.1) is 34.9 Å². The van der Waals surface area contributed by atoms with Crippen LogP contribution in [0.15, 0.2) is 97.3 Å². The molecule has 280 valence electrons. The summed E-state index contributed by atoms with van der Waals surface area (Å²) in [7, 11) is 0. The second kappa shape index (κ2) is 15.2. The molecule has 2 unspecified atom stereocenters. The number of Topliss-reactive ketones (excluding diaryl/α,β-unsaturated/α-hetero) is 1. The molecule has 2 heterocycles. The van der Waals surface area contributed by atoms with Crippen molar-refractivity contribution in [1.29, 1.82) is 0 Å². The van der Waals surface area contributed by atoms with E-state index in [0.29, 0.717) is 45.1 Å². The molecule has 0 radical (unpaired) electrons. The van der Waals surface area contributed by atoms with Crippen molar-refractivity contribution in [2.75, 3.05) is 0 Å². The summed E-state index contributed by atoms with van der Waals surface area (Å²) in [6, 6.07) is 20.6. The van der Waals surface area contributed by atoms with Crippen molar-refractivity contribution in [3.05, 3.63) is 142 Å². The van der Waals surface area contributed by atoms with Crippen molar-refractivity contribution >= 4 is 5.78 Å². The maximum Gasteiger partial charge on any atom is 0.416 e. The number of hydrogen-bond acceptors (Lipinski definition) is 5. The first-order valence-electron chi connectivity index (χ1n) is 17.0. The van der Waals surface area contributed by atoms with Crippen LogP contribution in [-0.4, -0.2) is 26.2 Å². The van der Waals surface area contributed by atoms with E-state index in [4.69, 9.17) is 9.47 Å². The SMILES string of the molecule is Cc1cc(OCc2cn[nH]c2-c2ccc(C(F)(F)F)cc2)ccc1C(C)C(=O)C(C)c1ccc(OCc2cn[nH]c2-c2ccc(C(F)(F)F)cc2)cc1C. The smallest absolute Gasteiger partial charge is 0.416 e. The summed E-state index contributed by atoms with van der Waals surface area (Å²) >= 11 is 0. The first kappa shape index (κ1) is 37.9. The summed E-state index contributed by atoms with van der Waals surface area (Å²) in [5.74, 6) is 0.319. The van der Waals surface area contributed by atoms with E-state index in [9.17, 15) is 31.1 Å². The number of halogens is 6. The fourth-order valence-corrected chi connectivity index (χ4v) is 6.44. The van der Waals surface area contributed by atoms with E-state index in [1.807, 2.05) is 52.0 Å². The van der Waals surface area contributed by atoms with Gasteiger partial charge in [-0.25, -0.2) is 0 Å². The minimum atomic E-state index is -4.43. The van der Waals surface area contributed by atoms with Crippen molar-refractivity contribution in [3.63, 3.8) is 0 Å². The van der Waals surface area contributed by atoms with E-state index in [2.05, 4.69) is 20.4 Å². The predicted octanol–water partition coefficient (Wildman–Crippen LogP) is 10.8. The lowest BCUT2D eigenvalue weighted by Crippen LogP contribution is -2.18. The third-order valence-electron chi connectivity index (χ3n) is 9.50. The van der Waals surface area contributed by atoms with Gasteiger partial charge in [-0.1, -0.05) is 50.2 Å². The molecule has 0 bridgehead atoms. The molecule has 0 aliphatic rings. The highest BCUT2D eigenvalue weighted by atomic mass is 19.4. The zero-order valence-corrected chi connectivity index (χ0v) is 29.7. The van der Waals surface area contributed by atoms with Crippen LogP contribution in [0.1, 0.15) is 70.2 Å². The third kappa shape index (κ3) is 8.35. The molecule has 0 fully saturated rings. The molecule has 2 atom stereocenters. The van der Waals surface area contributed by atoms with Crippen molar-refractivity contribution in [3.8, 4) is 34.0 Å². The van der Waals surface area contributed by atoms with Crippen molar-refractivity contribution in [1.82, 2.24) is 20.4 Å². The molecule has 2 aromatic heterocycles. The number of ether oxygens (including phenoxy) is 2. The van der Waals surface area contributed by atoms with Crippen LogP contribution >= 0.6 is 0 Å². The highest BCUT2D eigenvalue weighted by Gasteiger charge is 2.31. The van der Waals surface area contributed by atoms with E-state index in [0.717, 1.165) is 46.5 Å². The number of ketones is 1. The van der Waals surface area contributed by atoms with Gasteiger partial charge in [-0.3, -0.25) is 15.0 Å². The van der Waals surface area contributed by atoms with Crippen LogP contribution in [-0.2, 0) is 30.4 Å². The molecule has 0 amide bonds. The second-order valence-electron chi connectivity index (χ2n) is 13.2. The lowest BCUT2D eigenvalue weighted by Gasteiger charge is -2.21. The summed E-state index contributed by atoms with van der Waals surface area (Å²) in [5, 5.41) is 13.8. The Kier molecular flexibility index (Phi) is 10.7. The molecule has 6 rings (SSSR count). The summed E-state index contributed by atoms with van der Waals surface area (Å²) < 4.78 is 90.1. The third-order valence-corrected chi connectivity index (χ3v) is 9.50. The quantitative estimate of drug-likeness (QED) is 0.122. The summed E-state index contributed by atoms with van der Waals surface area (Å²) in [6.07, 6.45) is -5.72. The van der Waals surface area contributed by atoms with Gasteiger partial charge in [0, 0.05) is 23.0 Å². The number of benzene rings is 4. The number of aryl methyl sites for hydroxylation is 2. The molecular weight excluding hydrogens is 710 g/mol. The van der Waals surface area contributed by atoms with Gasteiger partial charge in [-0.05, 0) is 95.8 Å². The first-order valence-corrected chi connectivity index (χ1v) is 17.0. The average Bonchev–Trinajstić information content (AvgIpc) is 3.82. The number of nitrogens with zero attached hydrogens (tertiary/aromatic N) is 2. The minimum Gasteiger partial charge on any atom is -0.489 e. The maximum atomic E-state index is 13.8. The predicted molar refractivity (Wildman–Crippen MR) is 191 cm³/mol. The van der Waals surface area contributed by atoms with Crippen molar-refractivity contribution in [2.24, 2.45) is 0 Å². The number of rotatable bonds is 12. The number of aromatic amines is 2. The van der Waals surface area contributed by atoms with Gasteiger partial charge in [-0.2, -0.15) is 36.5 Å². The molecule has 0 spiro atoms. The fourth-order valence-electron chi connectivity index (χ4n) is 6.44. The number of nitrogens with one attached hydrogen (secondary N) is 2. The van der Waals surface area contributed by atoms with E-state index >= 15 is 0 Å². The van der Waals surface area contributed by atoms with Crippen LogP contribution < -0.4 is 9.47 Å². The summed E-state index contributed by atoms with van der Waals surface area (Å²) in [4.78, 5) is 13.8. The Morgan fingerprint density at radius 1 is 0.611 bits per heavy atom. The first-order chi connectivity index (χ1) is 25.6. The van der Waals surface area contributed by atoms with Crippen molar-refractivity contribution < 1.29 is 40.6 Å². The molecule has 6 aromatic rings. The minimum absolute atomic E-state index is 0.0303. The standard InChI is InChI=1S/C41H36F6N4O3/c1-23-17-33(53-21-29-19-48-50-37(29)27-5-9-31(10-6-27)40(42,43)44)13-15-35(23)25(3)39(52)26(4)36-16-14-34(18-24(36)2)54-22-30-20-49-51-38(30)28-7-11-32(12-8-28)41(45,46)47/h5-20,25-26H,21-22H2,1-4H3,(H,48,50)(H,49,51). The van der Waals surface area contributed by atoms with Gasteiger partial charge in [0.1, 0.15) is 30.5 Å². The Bertz CT molecular complexity index is 2080. The van der Waals surface area contributed by atoms with E-state index in [-0.39, 0.29) is 19.0 Å². The highest BCUT2D eigenvalue weighted by Crippen LogP contribution is 2.35. The normalized spacial score (nSPS) is 13.1.